The van der Waals surface area contributed by atoms with E-state index in [1.54, 1.807) is 18.2 Å². The van der Waals surface area contributed by atoms with Gasteiger partial charge in [-0.15, -0.1) is 0 Å². The molecule has 0 heterocycles. The fourth-order valence-electron chi connectivity index (χ4n) is 4.03. The number of carboxylic acid groups (broad SMARTS) is 1. The van der Waals surface area contributed by atoms with Gasteiger partial charge in [-0.1, -0.05) is 48.0 Å². The fourth-order valence-corrected chi connectivity index (χ4v) is 4.15. The molecule has 0 radical (unpaired) electrons. The topological polar surface area (TPSA) is 69.6 Å². The van der Waals surface area contributed by atoms with E-state index in [9.17, 15) is 14.3 Å². The molecule has 0 spiro atoms. The van der Waals surface area contributed by atoms with E-state index in [0.717, 1.165) is 30.4 Å². The second-order valence-corrected chi connectivity index (χ2v) is 8.31. The van der Waals surface area contributed by atoms with Gasteiger partial charge in [0.25, 0.3) is 0 Å². The van der Waals surface area contributed by atoms with Crippen LogP contribution in [0.15, 0.2) is 60.7 Å². The van der Waals surface area contributed by atoms with Gasteiger partial charge in [-0.05, 0) is 71.3 Å². The predicted molar refractivity (Wildman–Crippen MR) is 126 cm³/mol. The minimum atomic E-state index is -0.936. The normalized spacial score (nSPS) is 16.0. The zero-order valence-corrected chi connectivity index (χ0v) is 17.6. The molecule has 0 amide bonds. The number of carbonyl (C=O) groups is 1. The molecule has 1 aliphatic carbocycles. The van der Waals surface area contributed by atoms with E-state index in [1.807, 2.05) is 12.1 Å². The van der Waals surface area contributed by atoms with Crippen LogP contribution in [0.4, 0.5) is 4.39 Å². The van der Waals surface area contributed by atoms with Crippen molar-refractivity contribution in [1.29, 1.82) is 0 Å². The fraction of sp³-hybridized carbons (Fsp3) is 0.240. The summed E-state index contributed by atoms with van der Waals surface area (Å²) in [7, 11) is 0. The van der Waals surface area contributed by atoms with Crippen molar-refractivity contribution in [3.05, 3.63) is 93.8 Å². The molecule has 0 saturated carbocycles. The number of aromatic carboxylic acids is 1. The summed E-state index contributed by atoms with van der Waals surface area (Å²) in [5, 5.41) is 22.9. The van der Waals surface area contributed by atoms with Gasteiger partial charge in [0, 0.05) is 12.6 Å². The maximum atomic E-state index is 13.6. The quantitative estimate of drug-likeness (QED) is 0.475. The van der Waals surface area contributed by atoms with E-state index in [2.05, 4.69) is 23.5 Å². The van der Waals surface area contributed by atoms with Crippen LogP contribution in [0.25, 0.3) is 11.1 Å². The first kappa shape index (κ1) is 24.9. The third kappa shape index (κ3) is 5.79. The van der Waals surface area contributed by atoms with Gasteiger partial charge in [-0.25, -0.2) is 9.18 Å². The molecule has 32 heavy (non-hydrogen) atoms. The van der Waals surface area contributed by atoms with Crippen LogP contribution in [0.5, 0.6) is 0 Å². The zero-order valence-electron chi connectivity index (χ0n) is 16.8. The van der Waals surface area contributed by atoms with Crippen LogP contribution < -0.4 is 5.32 Å². The van der Waals surface area contributed by atoms with Crippen LogP contribution in [0.3, 0.4) is 0 Å². The molecular weight excluding hydrogens is 440 g/mol. The summed E-state index contributed by atoms with van der Waals surface area (Å²) in [6.45, 7) is 0.331. The molecule has 0 bridgehead atoms. The zero-order chi connectivity index (χ0) is 22.0. The standard InChI is InChI=1S/C25H23ClFNO3.Na.H/c26-22-10-8-19(13-23(22)27)24(29)14-28-21-9-7-16-3-6-18(11-20(16)12-21)15-1-4-17(5-2-15)25(30)31;;/h1-6,8,10-11,13,21,24,28-29H,7,9,12,14H2,(H,30,31);;/t21-,24+;;/m0../s1. The molecule has 1 aliphatic rings. The third-order valence-electron chi connectivity index (χ3n) is 5.83. The summed E-state index contributed by atoms with van der Waals surface area (Å²) in [5.74, 6) is -1.47. The third-order valence-corrected chi connectivity index (χ3v) is 6.13. The Labute approximate surface area is 213 Å². The van der Waals surface area contributed by atoms with Gasteiger partial charge >= 0.3 is 35.5 Å². The monoisotopic (exact) mass is 463 g/mol. The summed E-state index contributed by atoms with van der Waals surface area (Å²) in [6, 6.07) is 17.8. The van der Waals surface area contributed by atoms with Crippen LogP contribution in [-0.2, 0) is 12.8 Å². The van der Waals surface area contributed by atoms with Gasteiger partial charge in [0.05, 0.1) is 16.7 Å². The Morgan fingerprint density at radius 2 is 1.78 bits per heavy atom. The molecule has 7 heteroatoms. The molecule has 4 nitrogen and oxygen atoms in total. The number of rotatable bonds is 6. The molecule has 0 fully saturated rings. The van der Waals surface area contributed by atoms with Crippen LogP contribution in [0.2, 0.25) is 5.02 Å². The first-order chi connectivity index (χ1) is 14.9. The van der Waals surface area contributed by atoms with Gasteiger partial charge in [-0.2, -0.15) is 0 Å². The van der Waals surface area contributed by atoms with Crippen molar-refractivity contribution in [2.24, 2.45) is 0 Å². The molecule has 0 saturated heterocycles. The molecule has 4 rings (SSSR count). The number of aryl methyl sites for hydroxylation is 1. The number of carboxylic acids is 1. The van der Waals surface area contributed by atoms with E-state index in [0.29, 0.717) is 12.1 Å². The number of nitrogens with one attached hydrogen (secondary N) is 1. The molecule has 0 unspecified atom stereocenters. The molecular formula is C25H24ClFNNaO3. The predicted octanol–water partition coefficient (Wildman–Crippen LogP) is 4.38. The summed E-state index contributed by atoms with van der Waals surface area (Å²) >= 11 is 5.71. The van der Waals surface area contributed by atoms with Gasteiger partial charge in [0.2, 0.25) is 0 Å². The molecule has 3 N–H and O–H groups in total. The van der Waals surface area contributed by atoms with Gasteiger partial charge in [0.15, 0.2) is 0 Å². The maximum absolute atomic E-state index is 13.6. The van der Waals surface area contributed by atoms with Crippen molar-refractivity contribution >= 4 is 47.1 Å². The Kier molecular flexibility index (Phi) is 8.50. The molecule has 0 aliphatic heterocycles. The van der Waals surface area contributed by atoms with E-state index in [1.165, 1.54) is 23.3 Å². The second kappa shape index (κ2) is 10.9. The van der Waals surface area contributed by atoms with Crippen molar-refractivity contribution in [2.45, 2.75) is 31.4 Å². The molecule has 0 aromatic heterocycles. The number of benzene rings is 3. The number of halogens is 2. The average molecular weight is 464 g/mol. The Morgan fingerprint density at radius 3 is 2.47 bits per heavy atom. The van der Waals surface area contributed by atoms with E-state index in [4.69, 9.17) is 16.7 Å². The van der Waals surface area contributed by atoms with Crippen molar-refractivity contribution in [2.75, 3.05) is 6.54 Å². The molecule has 2 atom stereocenters. The van der Waals surface area contributed by atoms with Crippen LogP contribution in [-0.4, -0.2) is 58.3 Å². The Bertz CT molecular complexity index is 1110. The van der Waals surface area contributed by atoms with Crippen molar-refractivity contribution in [1.82, 2.24) is 5.32 Å². The average Bonchev–Trinajstić information content (AvgIpc) is 2.78. The van der Waals surface area contributed by atoms with Gasteiger partial charge < -0.3 is 15.5 Å². The Balaban J connectivity index is 0.00000289. The van der Waals surface area contributed by atoms with Crippen molar-refractivity contribution in [3.8, 4) is 11.1 Å². The number of hydrogen-bond donors (Lipinski definition) is 3. The summed E-state index contributed by atoms with van der Waals surface area (Å²) in [4.78, 5) is 11.1. The minimum absolute atomic E-state index is 0. The van der Waals surface area contributed by atoms with Gasteiger partial charge in [0.1, 0.15) is 5.82 Å². The summed E-state index contributed by atoms with van der Waals surface area (Å²) < 4.78 is 13.6. The SMILES string of the molecule is O=C(O)c1ccc(-c2ccc3c(c2)C[C@@H](NC[C@@H](O)c2ccc(Cl)c(F)c2)CC3)cc1.[NaH]. The Morgan fingerprint density at radius 1 is 1.06 bits per heavy atom. The summed E-state index contributed by atoms with van der Waals surface area (Å²) in [6.07, 6.45) is 1.92. The first-order valence-corrected chi connectivity index (χ1v) is 10.6. The molecule has 162 valence electrons. The van der Waals surface area contributed by atoms with E-state index < -0.39 is 17.9 Å². The second-order valence-electron chi connectivity index (χ2n) is 7.90. The van der Waals surface area contributed by atoms with E-state index in [-0.39, 0.29) is 46.2 Å². The first-order valence-electron chi connectivity index (χ1n) is 10.2. The van der Waals surface area contributed by atoms with Gasteiger partial charge in [-0.3, -0.25) is 0 Å². The number of aliphatic hydroxyl groups is 1. The van der Waals surface area contributed by atoms with E-state index >= 15 is 0 Å². The number of fused-ring (bicyclic) bond motifs is 1. The van der Waals surface area contributed by atoms with Crippen LogP contribution >= 0.6 is 11.6 Å². The van der Waals surface area contributed by atoms with Crippen molar-refractivity contribution in [3.63, 3.8) is 0 Å². The molecule has 3 aromatic rings. The van der Waals surface area contributed by atoms with Crippen LogP contribution in [0.1, 0.15) is 39.6 Å². The van der Waals surface area contributed by atoms with Crippen LogP contribution in [0, 0.1) is 5.82 Å². The number of aliphatic hydroxyl groups excluding tert-OH is 1. The summed E-state index contributed by atoms with van der Waals surface area (Å²) in [5.41, 5.74) is 5.35. The molecule has 3 aromatic carbocycles. The Hall–Kier alpha value is -1.73. The van der Waals surface area contributed by atoms with Crippen molar-refractivity contribution < 1.29 is 19.4 Å². The number of hydrogen-bond acceptors (Lipinski definition) is 3.